The predicted octanol–water partition coefficient (Wildman–Crippen LogP) is 3.62. The highest BCUT2D eigenvalue weighted by molar-refractivity contribution is 6.12. The zero-order valence-electron chi connectivity index (χ0n) is 15.2. The van der Waals surface area contributed by atoms with Gasteiger partial charge in [0.2, 0.25) is 0 Å². The van der Waals surface area contributed by atoms with Gasteiger partial charge in [-0.25, -0.2) is 0 Å². The molecular formula is C21H23NO4. The average Bonchev–Trinajstić information content (AvgIpc) is 2.66. The van der Waals surface area contributed by atoms with E-state index in [1.807, 2.05) is 18.2 Å². The van der Waals surface area contributed by atoms with Gasteiger partial charge in [0.25, 0.3) is 0 Å². The molecule has 136 valence electrons. The minimum Gasteiger partial charge on any atom is -0.493 e. The number of nitrogens with zero attached hydrogens (tertiary/aromatic N) is 1. The van der Waals surface area contributed by atoms with Crippen LogP contribution in [0.1, 0.15) is 50.0 Å². The molecule has 0 aromatic heterocycles. The van der Waals surface area contributed by atoms with Gasteiger partial charge in [-0.05, 0) is 31.7 Å². The number of carbonyl (C=O) groups is 2. The van der Waals surface area contributed by atoms with Gasteiger partial charge in [-0.15, -0.1) is 0 Å². The lowest BCUT2D eigenvalue weighted by Crippen LogP contribution is -2.39. The smallest absolute Gasteiger partial charge is 0.164 e. The Morgan fingerprint density at radius 2 is 1.77 bits per heavy atom. The summed E-state index contributed by atoms with van der Waals surface area (Å²) in [6.45, 7) is 0. The lowest BCUT2D eigenvalue weighted by atomic mass is 9.67. The van der Waals surface area contributed by atoms with Crippen molar-refractivity contribution >= 4 is 17.3 Å². The van der Waals surface area contributed by atoms with Gasteiger partial charge in [-0.2, -0.15) is 0 Å². The first-order chi connectivity index (χ1) is 12.7. The third kappa shape index (κ3) is 2.57. The Kier molecular flexibility index (Phi) is 4.39. The van der Waals surface area contributed by atoms with E-state index in [2.05, 4.69) is 0 Å². The van der Waals surface area contributed by atoms with Crippen molar-refractivity contribution in [1.29, 1.82) is 0 Å². The molecule has 0 spiro atoms. The number of aliphatic imine (C=N–C) groups is 1. The third-order valence-electron chi connectivity index (χ3n) is 5.68. The Morgan fingerprint density at radius 3 is 2.54 bits per heavy atom. The Labute approximate surface area is 153 Å². The maximum atomic E-state index is 12.9. The van der Waals surface area contributed by atoms with Crippen molar-refractivity contribution < 1.29 is 19.1 Å². The molecule has 1 unspecified atom stereocenters. The molecule has 1 aliphatic heterocycles. The molecule has 1 heterocycles. The zero-order chi connectivity index (χ0) is 18.3. The Hall–Kier alpha value is -2.43. The molecule has 1 aromatic rings. The maximum Gasteiger partial charge on any atom is 0.164 e. The van der Waals surface area contributed by atoms with Crippen molar-refractivity contribution in [3.05, 3.63) is 35.0 Å². The highest BCUT2D eigenvalue weighted by Crippen LogP contribution is 2.49. The number of Topliss-reactive ketones (excluding diaryl/α,β-unsaturated/α-hetero) is 2. The molecule has 0 bridgehead atoms. The van der Waals surface area contributed by atoms with Crippen molar-refractivity contribution in [1.82, 2.24) is 0 Å². The summed E-state index contributed by atoms with van der Waals surface area (Å²) < 4.78 is 11.1. The normalized spacial score (nSPS) is 25.4. The lowest BCUT2D eigenvalue weighted by molar-refractivity contribution is -0.122. The molecule has 1 fully saturated rings. The molecule has 2 aliphatic carbocycles. The Balaban J connectivity index is 1.95. The van der Waals surface area contributed by atoms with Gasteiger partial charge in [0.05, 0.1) is 20.1 Å². The number of allylic oxidation sites excluding steroid dienone is 2. The van der Waals surface area contributed by atoms with Crippen molar-refractivity contribution in [2.75, 3.05) is 14.2 Å². The zero-order valence-corrected chi connectivity index (χ0v) is 15.2. The minimum absolute atomic E-state index is 0.113. The number of benzene rings is 1. The quantitative estimate of drug-likeness (QED) is 0.832. The number of fused-ring (bicyclic) bond motifs is 1. The number of carbonyl (C=O) groups excluding carboxylic acids is 2. The van der Waals surface area contributed by atoms with E-state index in [1.54, 1.807) is 14.2 Å². The van der Waals surface area contributed by atoms with E-state index in [1.165, 1.54) is 0 Å². The van der Waals surface area contributed by atoms with Crippen LogP contribution in [0.4, 0.5) is 0 Å². The van der Waals surface area contributed by atoms with E-state index < -0.39 is 0 Å². The van der Waals surface area contributed by atoms with E-state index in [4.69, 9.17) is 14.5 Å². The Morgan fingerprint density at radius 1 is 0.962 bits per heavy atom. The summed E-state index contributed by atoms with van der Waals surface area (Å²) in [4.78, 5) is 30.5. The summed E-state index contributed by atoms with van der Waals surface area (Å²) in [5.41, 5.74) is 3.37. The van der Waals surface area contributed by atoms with Crippen LogP contribution < -0.4 is 9.47 Å². The van der Waals surface area contributed by atoms with Gasteiger partial charge >= 0.3 is 0 Å². The van der Waals surface area contributed by atoms with Crippen LogP contribution in [0.5, 0.6) is 11.5 Å². The van der Waals surface area contributed by atoms with Crippen LogP contribution in [0.15, 0.2) is 34.5 Å². The largest absolute Gasteiger partial charge is 0.493 e. The second-order valence-corrected chi connectivity index (χ2v) is 7.10. The molecule has 4 rings (SSSR count). The van der Waals surface area contributed by atoms with Crippen LogP contribution in [0.2, 0.25) is 0 Å². The molecule has 3 aliphatic rings. The summed E-state index contributed by atoms with van der Waals surface area (Å²) in [5, 5.41) is 0. The highest BCUT2D eigenvalue weighted by atomic mass is 16.5. The van der Waals surface area contributed by atoms with Crippen LogP contribution in [0.25, 0.3) is 0 Å². The van der Waals surface area contributed by atoms with Crippen molar-refractivity contribution in [2.24, 2.45) is 10.9 Å². The fourth-order valence-corrected chi connectivity index (χ4v) is 4.59. The molecule has 0 radical (unpaired) electrons. The number of hydrogen-bond donors (Lipinski definition) is 0. The van der Waals surface area contributed by atoms with E-state index >= 15 is 0 Å². The van der Waals surface area contributed by atoms with Crippen molar-refractivity contribution in [3.8, 4) is 11.5 Å². The van der Waals surface area contributed by atoms with E-state index in [-0.39, 0.29) is 23.4 Å². The number of para-hydroxylation sites is 1. The molecular weight excluding hydrogens is 330 g/mol. The van der Waals surface area contributed by atoms with Gasteiger partial charge in [-0.3, -0.25) is 14.6 Å². The first kappa shape index (κ1) is 17.0. The van der Waals surface area contributed by atoms with E-state index in [0.717, 1.165) is 42.7 Å². The first-order valence-corrected chi connectivity index (χ1v) is 9.23. The predicted molar refractivity (Wildman–Crippen MR) is 98.0 cm³/mol. The summed E-state index contributed by atoms with van der Waals surface area (Å²) in [7, 11) is 3.19. The number of methoxy groups -OCH3 is 2. The number of ketones is 2. The third-order valence-corrected chi connectivity index (χ3v) is 5.68. The fraction of sp³-hybridized carbons (Fsp3) is 0.476. The van der Waals surface area contributed by atoms with Crippen LogP contribution >= 0.6 is 0 Å². The molecule has 26 heavy (non-hydrogen) atoms. The SMILES string of the molecule is COc1cccc([C@H]2C3=C(CCCC3=O)N=C3CCCC(=O)C32)c1OC. The topological polar surface area (TPSA) is 65.0 Å². The standard InChI is InChI=1S/C21H23NO4/c1-25-17-11-3-6-12(21(17)26-2)18-19-13(7-4-9-15(19)23)22-14-8-5-10-16(24)20(14)18/h3,6,11,18-19H,4-5,7-10H2,1-2H3/t18-,19?/m1/s1. The van der Waals surface area contributed by atoms with Gasteiger partial charge in [0.15, 0.2) is 17.3 Å². The molecule has 1 saturated carbocycles. The lowest BCUT2D eigenvalue weighted by Gasteiger charge is -2.38. The van der Waals surface area contributed by atoms with Crippen molar-refractivity contribution in [2.45, 2.75) is 44.4 Å². The number of rotatable bonds is 3. The molecule has 0 saturated heterocycles. The molecule has 1 aromatic carbocycles. The van der Waals surface area contributed by atoms with E-state index in [9.17, 15) is 9.59 Å². The average molecular weight is 353 g/mol. The summed E-state index contributed by atoms with van der Waals surface area (Å²) in [6, 6.07) is 5.67. The minimum atomic E-state index is -0.356. The summed E-state index contributed by atoms with van der Waals surface area (Å²) in [6.07, 6.45) is 4.36. The van der Waals surface area contributed by atoms with Gasteiger partial charge in [0, 0.05) is 41.3 Å². The molecule has 0 N–H and O–H groups in total. The molecule has 5 heteroatoms. The second-order valence-electron chi connectivity index (χ2n) is 7.10. The van der Waals surface area contributed by atoms with Gasteiger partial charge in [0.1, 0.15) is 5.78 Å². The van der Waals surface area contributed by atoms with Crippen LogP contribution in [0, 0.1) is 5.92 Å². The highest BCUT2D eigenvalue weighted by Gasteiger charge is 2.45. The van der Waals surface area contributed by atoms with Gasteiger partial charge in [-0.1, -0.05) is 12.1 Å². The maximum absolute atomic E-state index is 12.9. The monoisotopic (exact) mass is 353 g/mol. The Bertz CT molecular complexity index is 836. The van der Waals surface area contributed by atoms with Crippen LogP contribution in [0.3, 0.4) is 0 Å². The first-order valence-electron chi connectivity index (χ1n) is 9.23. The molecule has 2 atom stereocenters. The van der Waals surface area contributed by atoms with E-state index in [0.29, 0.717) is 29.9 Å². The second kappa shape index (κ2) is 6.71. The fourth-order valence-electron chi connectivity index (χ4n) is 4.59. The summed E-state index contributed by atoms with van der Waals surface area (Å²) >= 11 is 0. The molecule has 5 nitrogen and oxygen atoms in total. The molecule has 0 amide bonds. The number of hydrogen-bond acceptors (Lipinski definition) is 5. The van der Waals surface area contributed by atoms with Crippen LogP contribution in [-0.2, 0) is 9.59 Å². The van der Waals surface area contributed by atoms with Crippen molar-refractivity contribution in [3.63, 3.8) is 0 Å². The van der Waals surface area contributed by atoms with Gasteiger partial charge < -0.3 is 9.47 Å². The number of ether oxygens (including phenoxy) is 2. The van der Waals surface area contributed by atoms with Crippen LogP contribution in [-0.4, -0.2) is 31.5 Å². The summed E-state index contributed by atoms with van der Waals surface area (Å²) in [5.74, 6) is 0.832.